The van der Waals surface area contributed by atoms with Crippen molar-refractivity contribution in [3.8, 4) is 0 Å². The van der Waals surface area contributed by atoms with Crippen LogP contribution in [0.15, 0.2) is 0 Å². The topological polar surface area (TPSA) is 46.3 Å². The zero-order valence-electron chi connectivity index (χ0n) is 13.0. The fourth-order valence-corrected chi connectivity index (χ4v) is 3.03. The van der Waals surface area contributed by atoms with Gasteiger partial charge < -0.3 is 10.6 Å². The van der Waals surface area contributed by atoms with Crippen LogP contribution >= 0.6 is 0 Å². The Kier molecular flexibility index (Phi) is 7.44. The molecular formula is C16H32N2O. The minimum Gasteiger partial charge on any atom is -0.342 e. The third-order valence-corrected chi connectivity index (χ3v) is 4.34. The molecule has 1 rings (SSSR count). The van der Waals surface area contributed by atoms with E-state index in [2.05, 4.69) is 18.7 Å². The molecule has 1 aliphatic heterocycles. The number of hydrogen-bond donors (Lipinski definition) is 1. The van der Waals surface area contributed by atoms with Crippen LogP contribution in [-0.4, -0.2) is 29.9 Å². The fourth-order valence-electron chi connectivity index (χ4n) is 3.03. The summed E-state index contributed by atoms with van der Waals surface area (Å²) in [5.41, 5.74) is 5.75. The maximum absolute atomic E-state index is 12.3. The number of piperidine rings is 1. The summed E-state index contributed by atoms with van der Waals surface area (Å²) in [6.45, 7) is 8.30. The summed E-state index contributed by atoms with van der Waals surface area (Å²) >= 11 is 0. The molecule has 1 fully saturated rings. The molecule has 2 N–H and O–H groups in total. The summed E-state index contributed by atoms with van der Waals surface area (Å²) in [4.78, 5) is 14.4. The Morgan fingerprint density at radius 1 is 1.26 bits per heavy atom. The third-order valence-electron chi connectivity index (χ3n) is 4.34. The fraction of sp³-hybridized carbons (Fsp3) is 0.938. The molecule has 1 amide bonds. The van der Waals surface area contributed by atoms with Gasteiger partial charge in [-0.15, -0.1) is 0 Å². The van der Waals surface area contributed by atoms with Crippen LogP contribution in [0, 0.1) is 11.8 Å². The first-order chi connectivity index (χ1) is 9.04. The van der Waals surface area contributed by atoms with Gasteiger partial charge in [0.2, 0.25) is 5.91 Å². The number of likely N-dealkylation sites (tertiary alicyclic amines) is 1. The third kappa shape index (κ3) is 5.94. The second-order valence-corrected chi connectivity index (χ2v) is 6.37. The molecular weight excluding hydrogens is 236 g/mol. The van der Waals surface area contributed by atoms with Gasteiger partial charge in [0.25, 0.3) is 0 Å². The van der Waals surface area contributed by atoms with Crippen LogP contribution in [-0.2, 0) is 4.79 Å². The van der Waals surface area contributed by atoms with Crippen molar-refractivity contribution >= 4 is 5.91 Å². The van der Waals surface area contributed by atoms with Gasteiger partial charge in [0.15, 0.2) is 0 Å². The van der Waals surface area contributed by atoms with Crippen molar-refractivity contribution in [1.82, 2.24) is 4.90 Å². The molecule has 2 atom stereocenters. The Hall–Kier alpha value is -0.570. The number of rotatable bonds is 7. The first-order valence-electron chi connectivity index (χ1n) is 8.09. The number of nitrogens with zero attached hydrogens (tertiary/aromatic N) is 1. The minimum atomic E-state index is 0.168. The number of carbonyl (C=O) groups excluding carboxylic acids is 1. The summed E-state index contributed by atoms with van der Waals surface area (Å²) in [7, 11) is 0. The van der Waals surface area contributed by atoms with Crippen LogP contribution in [0.5, 0.6) is 0 Å². The van der Waals surface area contributed by atoms with Crippen LogP contribution in [0.4, 0.5) is 0 Å². The quantitative estimate of drug-likeness (QED) is 0.771. The molecule has 3 nitrogen and oxygen atoms in total. The zero-order chi connectivity index (χ0) is 14.3. The molecule has 3 heteroatoms. The van der Waals surface area contributed by atoms with E-state index in [1.54, 1.807) is 0 Å². The lowest BCUT2D eigenvalue weighted by atomic mass is 9.91. The smallest absolute Gasteiger partial charge is 0.225 e. The predicted octanol–water partition coefficient (Wildman–Crippen LogP) is 3.18. The van der Waals surface area contributed by atoms with Gasteiger partial charge in [-0.1, -0.05) is 33.1 Å². The SMILES string of the molecule is CCCC1CCN(C(=O)C(C)CCCC(C)N)CC1. The number of hydrogen-bond acceptors (Lipinski definition) is 2. The predicted molar refractivity (Wildman–Crippen MR) is 80.9 cm³/mol. The van der Waals surface area contributed by atoms with E-state index in [0.29, 0.717) is 5.91 Å². The van der Waals surface area contributed by atoms with E-state index in [-0.39, 0.29) is 12.0 Å². The first kappa shape index (κ1) is 16.5. The van der Waals surface area contributed by atoms with Crippen LogP contribution in [0.1, 0.15) is 65.7 Å². The van der Waals surface area contributed by atoms with Gasteiger partial charge in [-0.25, -0.2) is 0 Å². The van der Waals surface area contributed by atoms with Gasteiger partial charge in [0.05, 0.1) is 0 Å². The highest BCUT2D eigenvalue weighted by Gasteiger charge is 2.25. The van der Waals surface area contributed by atoms with E-state index in [4.69, 9.17) is 5.73 Å². The van der Waals surface area contributed by atoms with Crippen molar-refractivity contribution < 1.29 is 4.79 Å². The highest BCUT2D eigenvalue weighted by molar-refractivity contribution is 5.78. The molecule has 0 aliphatic carbocycles. The summed E-state index contributed by atoms with van der Waals surface area (Å²) < 4.78 is 0. The molecule has 0 spiro atoms. The van der Waals surface area contributed by atoms with Crippen molar-refractivity contribution in [2.24, 2.45) is 17.6 Å². The van der Waals surface area contributed by atoms with Crippen molar-refractivity contribution in [3.05, 3.63) is 0 Å². The van der Waals surface area contributed by atoms with E-state index >= 15 is 0 Å². The lowest BCUT2D eigenvalue weighted by Crippen LogP contribution is -2.41. The van der Waals surface area contributed by atoms with Gasteiger partial charge in [0, 0.05) is 25.0 Å². The maximum atomic E-state index is 12.3. The average Bonchev–Trinajstić information content (AvgIpc) is 2.38. The van der Waals surface area contributed by atoms with Gasteiger partial charge >= 0.3 is 0 Å². The van der Waals surface area contributed by atoms with Crippen LogP contribution < -0.4 is 5.73 Å². The summed E-state index contributed by atoms with van der Waals surface area (Å²) in [6.07, 6.45) is 8.07. The Morgan fingerprint density at radius 2 is 1.89 bits per heavy atom. The van der Waals surface area contributed by atoms with Gasteiger partial charge in [0.1, 0.15) is 0 Å². The zero-order valence-corrected chi connectivity index (χ0v) is 13.0. The highest BCUT2D eigenvalue weighted by atomic mass is 16.2. The molecule has 2 unspecified atom stereocenters. The Balaban J connectivity index is 2.26. The molecule has 0 aromatic rings. The molecule has 1 saturated heterocycles. The number of amides is 1. The van der Waals surface area contributed by atoms with E-state index in [9.17, 15) is 4.79 Å². The van der Waals surface area contributed by atoms with Crippen molar-refractivity contribution in [1.29, 1.82) is 0 Å². The van der Waals surface area contributed by atoms with Crippen molar-refractivity contribution in [2.75, 3.05) is 13.1 Å². The van der Waals surface area contributed by atoms with E-state index in [0.717, 1.165) is 38.3 Å². The second kappa shape index (κ2) is 8.57. The molecule has 0 bridgehead atoms. The lowest BCUT2D eigenvalue weighted by Gasteiger charge is -2.33. The Bertz CT molecular complexity index is 257. The van der Waals surface area contributed by atoms with E-state index in [1.165, 1.54) is 25.7 Å². The average molecular weight is 268 g/mol. The van der Waals surface area contributed by atoms with Crippen LogP contribution in [0.2, 0.25) is 0 Å². The molecule has 1 heterocycles. The largest absolute Gasteiger partial charge is 0.342 e. The molecule has 0 saturated carbocycles. The number of carbonyl (C=O) groups is 1. The monoisotopic (exact) mass is 268 g/mol. The summed E-state index contributed by atoms with van der Waals surface area (Å²) in [6, 6.07) is 0.257. The molecule has 0 aromatic heterocycles. The molecule has 0 aromatic carbocycles. The molecule has 19 heavy (non-hydrogen) atoms. The molecule has 0 radical (unpaired) electrons. The van der Waals surface area contributed by atoms with Gasteiger partial charge in [-0.2, -0.15) is 0 Å². The minimum absolute atomic E-state index is 0.168. The van der Waals surface area contributed by atoms with Gasteiger partial charge in [-0.05, 0) is 38.5 Å². The van der Waals surface area contributed by atoms with Crippen LogP contribution in [0.25, 0.3) is 0 Å². The Morgan fingerprint density at radius 3 is 2.42 bits per heavy atom. The van der Waals surface area contributed by atoms with Gasteiger partial charge in [-0.3, -0.25) is 4.79 Å². The second-order valence-electron chi connectivity index (χ2n) is 6.37. The number of nitrogens with two attached hydrogens (primary N) is 1. The van der Waals surface area contributed by atoms with Crippen LogP contribution in [0.3, 0.4) is 0 Å². The van der Waals surface area contributed by atoms with E-state index < -0.39 is 0 Å². The summed E-state index contributed by atoms with van der Waals surface area (Å²) in [5.74, 6) is 1.38. The normalized spacial score (nSPS) is 20.3. The standard InChI is InChI=1S/C16H32N2O/c1-4-6-15-9-11-18(12-10-15)16(19)13(2)7-5-8-14(3)17/h13-15H,4-12,17H2,1-3H3. The maximum Gasteiger partial charge on any atom is 0.225 e. The first-order valence-corrected chi connectivity index (χ1v) is 8.09. The van der Waals surface area contributed by atoms with Crippen molar-refractivity contribution in [2.45, 2.75) is 71.8 Å². The highest BCUT2D eigenvalue weighted by Crippen LogP contribution is 2.23. The Labute approximate surface area is 118 Å². The van der Waals surface area contributed by atoms with Crippen molar-refractivity contribution in [3.63, 3.8) is 0 Å². The van der Waals surface area contributed by atoms with E-state index in [1.807, 2.05) is 6.92 Å². The molecule has 112 valence electrons. The lowest BCUT2D eigenvalue weighted by molar-refractivity contribution is -0.136. The summed E-state index contributed by atoms with van der Waals surface area (Å²) in [5, 5.41) is 0. The molecule has 1 aliphatic rings.